The molecule has 198 valence electrons. The highest BCUT2D eigenvalue weighted by Crippen LogP contribution is 2.32. The standard InChI is InChI=1S/C31H62O2/c1-5-8-11-14-16-17-18-19-20-21-23-26-30(32)33-29-31(4,27-24-13-10-7-3)28-25-22-15-12-9-6-2/h5-29H2,1-4H3. The predicted octanol–water partition coefficient (Wildman–Crippen LogP) is 11.0. The molecule has 0 aromatic carbocycles. The highest BCUT2D eigenvalue weighted by Gasteiger charge is 2.25. The molecule has 0 saturated heterocycles. The lowest BCUT2D eigenvalue weighted by molar-refractivity contribution is -0.147. The van der Waals surface area contributed by atoms with Crippen LogP contribution in [0.25, 0.3) is 0 Å². The molecule has 0 aromatic heterocycles. The molecule has 1 atom stereocenters. The van der Waals surface area contributed by atoms with E-state index < -0.39 is 0 Å². The molecule has 0 aromatic rings. The van der Waals surface area contributed by atoms with Gasteiger partial charge in [-0.25, -0.2) is 0 Å². The molecule has 0 N–H and O–H groups in total. The minimum absolute atomic E-state index is 0.0358. The van der Waals surface area contributed by atoms with Crippen LogP contribution in [0.5, 0.6) is 0 Å². The maximum Gasteiger partial charge on any atom is 0.305 e. The Morgan fingerprint density at radius 3 is 1.27 bits per heavy atom. The molecule has 0 spiro atoms. The second kappa shape index (κ2) is 24.6. The van der Waals surface area contributed by atoms with Gasteiger partial charge in [-0.05, 0) is 19.3 Å². The first kappa shape index (κ1) is 32.5. The van der Waals surface area contributed by atoms with Crippen LogP contribution in [0.1, 0.15) is 182 Å². The molecule has 0 rings (SSSR count). The topological polar surface area (TPSA) is 26.3 Å². The zero-order valence-corrected chi connectivity index (χ0v) is 23.5. The normalized spacial score (nSPS) is 13.2. The Labute approximate surface area is 209 Å². The summed E-state index contributed by atoms with van der Waals surface area (Å²) in [5.74, 6) is 0.0358. The summed E-state index contributed by atoms with van der Waals surface area (Å²) in [7, 11) is 0. The summed E-state index contributed by atoms with van der Waals surface area (Å²) < 4.78 is 5.81. The number of esters is 1. The minimum atomic E-state index is 0.0358. The Hall–Kier alpha value is -0.530. The Morgan fingerprint density at radius 2 is 0.848 bits per heavy atom. The third-order valence-corrected chi connectivity index (χ3v) is 7.33. The number of rotatable bonds is 26. The van der Waals surface area contributed by atoms with Gasteiger partial charge < -0.3 is 4.74 Å². The van der Waals surface area contributed by atoms with Crippen molar-refractivity contribution in [2.75, 3.05) is 6.61 Å². The lowest BCUT2D eigenvalue weighted by atomic mass is 9.80. The van der Waals surface area contributed by atoms with Crippen molar-refractivity contribution in [1.82, 2.24) is 0 Å². The van der Waals surface area contributed by atoms with Gasteiger partial charge in [0.05, 0.1) is 6.61 Å². The molecule has 0 heterocycles. The van der Waals surface area contributed by atoms with Crippen LogP contribution in [0.2, 0.25) is 0 Å². The van der Waals surface area contributed by atoms with E-state index in [-0.39, 0.29) is 11.4 Å². The Bertz CT molecular complexity index is 406. The Kier molecular flexibility index (Phi) is 24.2. The van der Waals surface area contributed by atoms with E-state index >= 15 is 0 Å². The van der Waals surface area contributed by atoms with Crippen LogP contribution in [-0.2, 0) is 9.53 Å². The molecule has 0 saturated carbocycles. The van der Waals surface area contributed by atoms with Gasteiger partial charge in [0.15, 0.2) is 0 Å². The third-order valence-electron chi connectivity index (χ3n) is 7.33. The molecule has 0 amide bonds. The smallest absolute Gasteiger partial charge is 0.305 e. The van der Waals surface area contributed by atoms with Crippen molar-refractivity contribution in [3.63, 3.8) is 0 Å². The summed E-state index contributed by atoms with van der Waals surface area (Å²) >= 11 is 0. The number of unbranched alkanes of at least 4 members (excludes halogenated alkanes) is 18. The van der Waals surface area contributed by atoms with Crippen molar-refractivity contribution in [1.29, 1.82) is 0 Å². The second-order valence-corrected chi connectivity index (χ2v) is 11.1. The number of carbonyl (C=O) groups is 1. The molecule has 0 aliphatic carbocycles. The first-order valence-corrected chi connectivity index (χ1v) is 15.2. The largest absolute Gasteiger partial charge is 0.465 e. The van der Waals surface area contributed by atoms with Gasteiger partial charge >= 0.3 is 5.97 Å². The lowest BCUT2D eigenvalue weighted by Crippen LogP contribution is -2.25. The van der Waals surface area contributed by atoms with Gasteiger partial charge in [-0.15, -0.1) is 0 Å². The first-order valence-electron chi connectivity index (χ1n) is 15.2. The zero-order valence-electron chi connectivity index (χ0n) is 23.5. The summed E-state index contributed by atoms with van der Waals surface area (Å²) in [6, 6.07) is 0. The van der Waals surface area contributed by atoms with Crippen molar-refractivity contribution in [3.05, 3.63) is 0 Å². The quantitative estimate of drug-likeness (QED) is 0.0935. The van der Waals surface area contributed by atoms with E-state index in [1.165, 1.54) is 141 Å². The summed E-state index contributed by atoms with van der Waals surface area (Å²) in [5.41, 5.74) is 0.172. The summed E-state index contributed by atoms with van der Waals surface area (Å²) in [5, 5.41) is 0. The van der Waals surface area contributed by atoms with Crippen LogP contribution in [0.3, 0.4) is 0 Å². The van der Waals surface area contributed by atoms with Crippen molar-refractivity contribution < 1.29 is 9.53 Å². The van der Waals surface area contributed by atoms with E-state index in [4.69, 9.17) is 4.74 Å². The van der Waals surface area contributed by atoms with E-state index in [0.717, 1.165) is 6.42 Å². The fourth-order valence-electron chi connectivity index (χ4n) is 4.84. The lowest BCUT2D eigenvalue weighted by Gasteiger charge is -2.29. The van der Waals surface area contributed by atoms with Gasteiger partial charge in [0.25, 0.3) is 0 Å². The van der Waals surface area contributed by atoms with Crippen molar-refractivity contribution in [3.8, 4) is 0 Å². The van der Waals surface area contributed by atoms with Gasteiger partial charge in [0.1, 0.15) is 0 Å². The maximum absolute atomic E-state index is 12.4. The fraction of sp³-hybridized carbons (Fsp3) is 0.968. The number of hydrogen-bond donors (Lipinski definition) is 0. The second-order valence-electron chi connectivity index (χ2n) is 11.1. The molecule has 0 radical (unpaired) electrons. The van der Waals surface area contributed by atoms with Crippen LogP contribution in [-0.4, -0.2) is 12.6 Å². The molecule has 0 fully saturated rings. The van der Waals surface area contributed by atoms with Crippen molar-refractivity contribution in [2.45, 2.75) is 182 Å². The van der Waals surface area contributed by atoms with Gasteiger partial charge in [0.2, 0.25) is 0 Å². The highest BCUT2D eigenvalue weighted by atomic mass is 16.5. The monoisotopic (exact) mass is 466 g/mol. The van der Waals surface area contributed by atoms with Crippen LogP contribution < -0.4 is 0 Å². The fourth-order valence-corrected chi connectivity index (χ4v) is 4.84. The maximum atomic E-state index is 12.4. The molecular weight excluding hydrogens is 404 g/mol. The molecule has 0 aliphatic heterocycles. The number of ether oxygens (including phenoxy) is 1. The molecule has 0 bridgehead atoms. The summed E-state index contributed by atoms with van der Waals surface area (Å²) in [6.07, 6.45) is 30.7. The van der Waals surface area contributed by atoms with Crippen molar-refractivity contribution in [2.24, 2.45) is 5.41 Å². The molecule has 2 heteroatoms. The Balaban J connectivity index is 3.95. The summed E-state index contributed by atoms with van der Waals surface area (Å²) in [6.45, 7) is 9.81. The van der Waals surface area contributed by atoms with E-state index in [0.29, 0.717) is 13.0 Å². The van der Waals surface area contributed by atoms with E-state index in [2.05, 4.69) is 27.7 Å². The predicted molar refractivity (Wildman–Crippen MR) is 147 cm³/mol. The van der Waals surface area contributed by atoms with Gasteiger partial charge in [-0.1, -0.05) is 156 Å². The third kappa shape index (κ3) is 23.0. The molecule has 1 unspecified atom stereocenters. The minimum Gasteiger partial charge on any atom is -0.465 e. The van der Waals surface area contributed by atoms with E-state index in [1.807, 2.05) is 0 Å². The molecular formula is C31H62O2. The molecule has 0 aliphatic rings. The first-order chi connectivity index (χ1) is 16.1. The van der Waals surface area contributed by atoms with Crippen LogP contribution >= 0.6 is 0 Å². The van der Waals surface area contributed by atoms with Crippen LogP contribution in [0.4, 0.5) is 0 Å². The number of hydrogen-bond acceptors (Lipinski definition) is 2. The van der Waals surface area contributed by atoms with Gasteiger partial charge in [-0.2, -0.15) is 0 Å². The van der Waals surface area contributed by atoms with Crippen molar-refractivity contribution >= 4 is 5.97 Å². The van der Waals surface area contributed by atoms with E-state index in [9.17, 15) is 4.79 Å². The number of carbonyl (C=O) groups excluding carboxylic acids is 1. The average Bonchev–Trinajstić information content (AvgIpc) is 2.81. The highest BCUT2D eigenvalue weighted by molar-refractivity contribution is 5.69. The Morgan fingerprint density at radius 1 is 0.515 bits per heavy atom. The van der Waals surface area contributed by atoms with Crippen LogP contribution in [0, 0.1) is 5.41 Å². The van der Waals surface area contributed by atoms with Crippen LogP contribution in [0.15, 0.2) is 0 Å². The summed E-state index contributed by atoms with van der Waals surface area (Å²) in [4.78, 5) is 12.4. The zero-order chi connectivity index (χ0) is 24.5. The van der Waals surface area contributed by atoms with Gasteiger partial charge in [-0.3, -0.25) is 4.79 Å². The van der Waals surface area contributed by atoms with Gasteiger partial charge in [0, 0.05) is 11.8 Å². The average molecular weight is 467 g/mol. The van der Waals surface area contributed by atoms with E-state index in [1.54, 1.807) is 0 Å². The molecule has 2 nitrogen and oxygen atoms in total. The molecule has 33 heavy (non-hydrogen) atoms. The SMILES string of the molecule is CCCCCCCCCCCCCC(=O)OCC(C)(CCCCCC)CCCCCCCC.